The first-order valence-corrected chi connectivity index (χ1v) is 17.2. The van der Waals surface area contributed by atoms with E-state index in [4.69, 9.17) is 11.6 Å². The van der Waals surface area contributed by atoms with Crippen LogP contribution in [0.4, 0.5) is 0 Å². The van der Waals surface area contributed by atoms with Crippen molar-refractivity contribution in [1.29, 1.82) is 0 Å². The van der Waals surface area contributed by atoms with Gasteiger partial charge in [-0.25, -0.2) is 8.93 Å². The molecule has 0 spiro atoms. The van der Waals surface area contributed by atoms with Gasteiger partial charge in [-0.2, -0.15) is 0 Å². The van der Waals surface area contributed by atoms with E-state index < -0.39 is 15.2 Å². The molecule has 224 valence electrons. The molecule has 1 aliphatic rings. The predicted octanol–water partition coefficient (Wildman–Crippen LogP) is 6.57. The Morgan fingerprint density at radius 1 is 1.14 bits per heavy atom. The van der Waals surface area contributed by atoms with Gasteiger partial charge >= 0.3 is 0 Å². The molecule has 3 aromatic rings. The molecule has 0 radical (unpaired) electrons. The molecule has 2 unspecified atom stereocenters. The van der Waals surface area contributed by atoms with Crippen LogP contribution in [0.3, 0.4) is 0 Å². The summed E-state index contributed by atoms with van der Waals surface area (Å²) < 4.78 is 15.7. The molecule has 2 atom stereocenters. The van der Waals surface area contributed by atoms with E-state index in [1.807, 2.05) is 61.4 Å². The molecule has 2 heterocycles. The van der Waals surface area contributed by atoms with Gasteiger partial charge in [-0.05, 0) is 78.9 Å². The number of rotatable bonds is 10. The average molecular weight is 627 g/mol. The summed E-state index contributed by atoms with van der Waals surface area (Å²) in [6.45, 7) is 4.86. The quantitative estimate of drug-likeness (QED) is 0.202. The minimum Gasteiger partial charge on any atom is -0.334 e. The van der Waals surface area contributed by atoms with Crippen molar-refractivity contribution in [3.8, 4) is 0 Å². The van der Waals surface area contributed by atoms with Gasteiger partial charge in [-0.3, -0.25) is 19.6 Å². The molecule has 1 amide bonds. The Morgan fingerprint density at radius 2 is 1.79 bits per heavy atom. The highest BCUT2D eigenvalue weighted by atomic mass is 35.5. The Kier molecular flexibility index (Phi) is 12.8. The van der Waals surface area contributed by atoms with Crippen LogP contribution in [0.2, 0.25) is 5.02 Å². The van der Waals surface area contributed by atoms with Crippen LogP contribution < -0.4 is 4.72 Å². The average Bonchev–Trinajstić information content (AvgIpc) is 2.98. The molecule has 1 aliphatic carbocycles. The number of halogens is 1. The summed E-state index contributed by atoms with van der Waals surface area (Å²) >= 11 is 7.56. The minimum atomic E-state index is -2.70. The van der Waals surface area contributed by atoms with Crippen molar-refractivity contribution in [3.05, 3.63) is 94.4 Å². The molecular formula is C32H39ClN4O3S2. The van der Waals surface area contributed by atoms with E-state index in [0.717, 1.165) is 34.4 Å². The number of benzene rings is 1. The summed E-state index contributed by atoms with van der Waals surface area (Å²) in [5.74, 6) is 4.02. The minimum absolute atomic E-state index is 0.116. The van der Waals surface area contributed by atoms with Gasteiger partial charge in [-0.15, -0.1) is 11.8 Å². The number of ketones is 1. The predicted molar refractivity (Wildman–Crippen MR) is 176 cm³/mol. The van der Waals surface area contributed by atoms with Gasteiger partial charge in [0.15, 0.2) is 5.78 Å². The van der Waals surface area contributed by atoms with Crippen molar-refractivity contribution < 1.29 is 13.8 Å². The summed E-state index contributed by atoms with van der Waals surface area (Å²) in [6, 6.07) is 13.3. The fraction of sp³-hybridized carbons (Fsp3) is 0.344. The number of nitrogens with zero attached hydrogens (tertiary/aromatic N) is 3. The molecule has 1 aromatic carbocycles. The second-order valence-corrected chi connectivity index (χ2v) is 13.5. The monoisotopic (exact) mass is 626 g/mol. The fourth-order valence-electron chi connectivity index (χ4n) is 4.59. The Balaban J connectivity index is 0.000000235. The fourth-order valence-corrected chi connectivity index (χ4v) is 6.85. The van der Waals surface area contributed by atoms with Crippen molar-refractivity contribution in [2.75, 3.05) is 6.26 Å². The number of pyridine rings is 2. The lowest BCUT2D eigenvalue weighted by Gasteiger charge is -2.33. The Labute approximate surface area is 259 Å². The highest BCUT2D eigenvalue weighted by molar-refractivity contribution is 8.01. The lowest BCUT2D eigenvalue weighted by molar-refractivity contribution is -0.132. The van der Waals surface area contributed by atoms with E-state index >= 15 is 0 Å². The number of nitrogens with one attached hydrogen (secondary N) is 1. The highest BCUT2D eigenvalue weighted by Gasteiger charge is 2.36. The van der Waals surface area contributed by atoms with Gasteiger partial charge in [0, 0.05) is 75.8 Å². The molecule has 1 saturated carbocycles. The number of hydrogen-bond acceptors (Lipinski definition) is 6. The maximum absolute atomic E-state index is 12.8. The van der Waals surface area contributed by atoms with Crippen molar-refractivity contribution in [2.45, 2.75) is 69.5 Å². The van der Waals surface area contributed by atoms with Crippen molar-refractivity contribution in [1.82, 2.24) is 19.6 Å². The van der Waals surface area contributed by atoms with Crippen LogP contribution in [0, 0.1) is 0 Å². The highest BCUT2D eigenvalue weighted by Crippen LogP contribution is 2.27. The van der Waals surface area contributed by atoms with Crippen LogP contribution in [0.25, 0.3) is 6.08 Å². The van der Waals surface area contributed by atoms with Gasteiger partial charge in [0.1, 0.15) is 0 Å². The summed E-state index contributed by atoms with van der Waals surface area (Å²) in [4.78, 5) is 35.1. The van der Waals surface area contributed by atoms with Gasteiger partial charge in [-0.1, -0.05) is 43.1 Å². The van der Waals surface area contributed by atoms with Crippen LogP contribution in [0.15, 0.2) is 77.6 Å². The molecule has 4 rings (SSSR count). The van der Waals surface area contributed by atoms with Crippen LogP contribution in [0.1, 0.15) is 62.6 Å². The maximum atomic E-state index is 12.8. The molecular weight excluding hydrogens is 588 g/mol. The molecule has 1 N–H and O–H groups in total. The van der Waals surface area contributed by atoms with E-state index in [2.05, 4.69) is 20.6 Å². The van der Waals surface area contributed by atoms with E-state index in [1.54, 1.807) is 54.1 Å². The largest absolute Gasteiger partial charge is 0.334 e. The van der Waals surface area contributed by atoms with E-state index in [0.29, 0.717) is 37.4 Å². The van der Waals surface area contributed by atoms with Crippen LogP contribution in [-0.4, -0.2) is 48.4 Å². The molecule has 0 bridgehead atoms. The van der Waals surface area contributed by atoms with Gasteiger partial charge < -0.3 is 4.90 Å². The third-order valence-corrected chi connectivity index (χ3v) is 9.25. The second kappa shape index (κ2) is 16.0. The third kappa shape index (κ3) is 10.4. The lowest BCUT2D eigenvalue weighted by Crippen LogP contribution is -2.52. The number of Topliss-reactive ketones (excluding diaryl/α,β-unsaturated/α-hetero) is 1. The third-order valence-electron chi connectivity index (χ3n) is 6.85. The Morgan fingerprint density at radius 3 is 2.31 bits per heavy atom. The zero-order chi connectivity index (χ0) is 30.6. The molecule has 7 nitrogen and oxygen atoms in total. The van der Waals surface area contributed by atoms with Crippen LogP contribution >= 0.6 is 23.4 Å². The Bertz CT molecular complexity index is 1430. The number of aromatic nitrogens is 2. The Hall–Kier alpha value is -2.98. The standard InChI is InChI=1S/C17H22ClNO2S2.C15H17N3O/c1-17(10-5-4-6-16(17)20)19-23(3,21)11-9-13-7-8-14(18)12-15(13)22-2;1-2-15(19)18(11-13-5-3-7-16-9-13)12-14-6-4-8-17-10-14/h7-9,11-12H,3-6,10H2,1-2H3,(H,19,21);3-10H,2,11-12H2,1H3/b11-9+;. The van der Waals surface area contributed by atoms with E-state index in [-0.39, 0.29) is 11.7 Å². The molecule has 2 aromatic heterocycles. The number of hydrogen-bond donors (Lipinski definition) is 1. The van der Waals surface area contributed by atoms with Crippen molar-refractivity contribution in [3.63, 3.8) is 0 Å². The molecule has 0 saturated heterocycles. The second-order valence-electron chi connectivity index (χ2n) is 10.3. The van der Waals surface area contributed by atoms with Crippen molar-refractivity contribution in [2.24, 2.45) is 0 Å². The van der Waals surface area contributed by atoms with Crippen LogP contribution in [0.5, 0.6) is 0 Å². The van der Waals surface area contributed by atoms with Crippen molar-refractivity contribution >= 4 is 56.7 Å². The van der Waals surface area contributed by atoms with Gasteiger partial charge in [0.2, 0.25) is 5.91 Å². The number of thioether (sulfide) groups is 1. The zero-order valence-electron chi connectivity index (χ0n) is 24.4. The SMILES string of the molecule is C=S(=O)(/C=C/c1ccc(Cl)cc1SC)NC1(C)CCCCC1=O.CCC(=O)N(Cc1cccnc1)Cc1cccnc1. The number of carbonyl (C=O) groups excluding carboxylic acids is 2. The topological polar surface area (TPSA) is 92.3 Å². The number of carbonyl (C=O) groups is 2. The first kappa shape index (κ1) is 33.5. The van der Waals surface area contributed by atoms with Gasteiger partial charge in [0.05, 0.1) is 5.54 Å². The summed E-state index contributed by atoms with van der Waals surface area (Å²) in [6.07, 6.45) is 14.4. The lowest BCUT2D eigenvalue weighted by atomic mass is 9.83. The van der Waals surface area contributed by atoms with E-state index in [9.17, 15) is 13.8 Å². The first-order chi connectivity index (χ1) is 20.0. The molecule has 1 fully saturated rings. The normalized spacial score (nSPS) is 18.1. The summed E-state index contributed by atoms with van der Waals surface area (Å²) in [5, 5.41) is 2.23. The molecule has 0 aliphatic heterocycles. The maximum Gasteiger partial charge on any atom is 0.222 e. The van der Waals surface area contributed by atoms with E-state index in [1.165, 1.54) is 0 Å². The van der Waals surface area contributed by atoms with Gasteiger partial charge in [0.25, 0.3) is 0 Å². The number of amides is 1. The summed E-state index contributed by atoms with van der Waals surface area (Å²) in [5.41, 5.74) is 2.26. The zero-order valence-corrected chi connectivity index (χ0v) is 26.8. The van der Waals surface area contributed by atoms with Crippen LogP contribution in [-0.2, 0) is 32.4 Å². The first-order valence-electron chi connectivity index (χ1n) is 13.8. The molecule has 10 heteroatoms. The smallest absolute Gasteiger partial charge is 0.222 e. The summed E-state index contributed by atoms with van der Waals surface area (Å²) in [7, 11) is -2.70. The molecule has 42 heavy (non-hydrogen) atoms.